The van der Waals surface area contributed by atoms with E-state index < -0.39 is 12.1 Å². The third-order valence-corrected chi connectivity index (χ3v) is 15.8. The fourth-order valence-corrected chi connectivity index (χ4v) is 10.6. The Balaban J connectivity index is 3.49. The number of amides is 1. The molecule has 6 heteroatoms. The van der Waals surface area contributed by atoms with Gasteiger partial charge in [-0.25, -0.2) is 0 Å². The van der Waals surface area contributed by atoms with E-state index in [1.165, 1.54) is 263 Å². The molecule has 2 unspecified atom stereocenters. The summed E-state index contributed by atoms with van der Waals surface area (Å²) in [5.41, 5.74) is 0. The van der Waals surface area contributed by atoms with Crippen LogP contribution in [-0.4, -0.2) is 47.4 Å². The predicted octanol–water partition coefficient (Wildman–Crippen LogP) is 22.1. The van der Waals surface area contributed by atoms with Crippen molar-refractivity contribution < 1.29 is 24.5 Å². The Morgan fingerprint density at radius 3 is 1.00 bits per heavy atom. The highest BCUT2D eigenvalue weighted by atomic mass is 16.5. The van der Waals surface area contributed by atoms with E-state index in [2.05, 4.69) is 55.6 Å². The zero-order valence-corrected chi connectivity index (χ0v) is 51.7. The van der Waals surface area contributed by atoms with Crippen LogP contribution < -0.4 is 5.32 Å². The summed E-state index contributed by atoms with van der Waals surface area (Å²) in [6.45, 7) is 4.88. The lowest BCUT2D eigenvalue weighted by atomic mass is 10.0. The average molecular weight is 1080 g/mol. The molecule has 0 aromatic carbocycles. The molecule has 0 rings (SSSR count). The van der Waals surface area contributed by atoms with Gasteiger partial charge in [0.05, 0.1) is 25.4 Å². The first-order chi connectivity index (χ1) is 38.0. The largest absolute Gasteiger partial charge is 0.466 e. The van der Waals surface area contributed by atoms with Gasteiger partial charge in [0.15, 0.2) is 0 Å². The van der Waals surface area contributed by atoms with Gasteiger partial charge in [0, 0.05) is 12.8 Å². The molecule has 0 aliphatic carbocycles. The number of hydrogen-bond donors (Lipinski definition) is 3. The fourth-order valence-electron chi connectivity index (χ4n) is 10.6. The Morgan fingerprint density at radius 1 is 0.364 bits per heavy atom. The Morgan fingerprint density at radius 2 is 0.649 bits per heavy atom. The van der Waals surface area contributed by atoms with Crippen molar-refractivity contribution in [2.24, 2.45) is 0 Å². The van der Waals surface area contributed by atoms with Gasteiger partial charge in [-0.3, -0.25) is 9.59 Å². The summed E-state index contributed by atoms with van der Waals surface area (Å²) in [4.78, 5) is 24.6. The van der Waals surface area contributed by atoms with Crippen LogP contribution in [0.2, 0.25) is 0 Å². The summed E-state index contributed by atoms with van der Waals surface area (Å²) in [7, 11) is 0. The molecule has 6 nitrogen and oxygen atoms in total. The minimum atomic E-state index is -0.854. The molecule has 2 atom stereocenters. The van der Waals surface area contributed by atoms with E-state index in [9.17, 15) is 19.8 Å². The molecule has 0 saturated carbocycles. The minimum Gasteiger partial charge on any atom is -0.466 e. The molecule has 0 radical (unpaired) electrons. The van der Waals surface area contributed by atoms with E-state index in [1.807, 2.05) is 6.08 Å². The van der Waals surface area contributed by atoms with Crippen LogP contribution in [0.5, 0.6) is 0 Å². The topological polar surface area (TPSA) is 95.9 Å². The summed E-state index contributed by atoms with van der Waals surface area (Å²) >= 11 is 0. The third kappa shape index (κ3) is 62.9. The normalized spacial score (nSPS) is 12.8. The summed E-state index contributed by atoms with van der Waals surface area (Å²) in [5.74, 6) is -0.0920. The lowest BCUT2D eigenvalue weighted by Crippen LogP contribution is -2.45. The molecule has 452 valence electrons. The number of nitrogens with one attached hydrogen (secondary N) is 1. The Kier molecular flexibility index (Phi) is 64.5. The number of esters is 1. The first-order valence-corrected chi connectivity index (χ1v) is 34.4. The van der Waals surface area contributed by atoms with Gasteiger partial charge in [-0.15, -0.1) is 0 Å². The average Bonchev–Trinajstić information content (AvgIpc) is 3.43. The third-order valence-electron chi connectivity index (χ3n) is 15.8. The molecule has 0 bridgehead atoms. The maximum atomic E-state index is 12.5. The molecule has 3 N–H and O–H groups in total. The number of rotatable bonds is 64. The number of hydrogen-bond acceptors (Lipinski definition) is 5. The highest BCUT2D eigenvalue weighted by Crippen LogP contribution is 2.18. The molecular weight excluding hydrogens is 947 g/mol. The number of aliphatic hydroxyl groups is 2. The SMILES string of the molecule is CCCCCCCC/C=C\CCCCCCCCCC(=O)OCCCCC/C=C\C=C/CCCCCCCCCCCCC(=O)NC(CO)C(O)/C=C/CCCCCCCCCCCCCCCCCCCCCCCC. The van der Waals surface area contributed by atoms with Gasteiger partial charge in [0.25, 0.3) is 0 Å². The molecule has 0 aliphatic heterocycles. The van der Waals surface area contributed by atoms with Crippen molar-refractivity contribution in [3.05, 3.63) is 48.6 Å². The highest BCUT2D eigenvalue weighted by Gasteiger charge is 2.18. The Bertz CT molecular complexity index is 1290. The number of carbonyl (C=O) groups is 2. The Labute approximate surface area is 480 Å². The molecule has 0 heterocycles. The van der Waals surface area contributed by atoms with Crippen LogP contribution in [0.15, 0.2) is 48.6 Å². The maximum absolute atomic E-state index is 12.5. The molecule has 0 aliphatic rings. The first-order valence-electron chi connectivity index (χ1n) is 34.4. The van der Waals surface area contributed by atoms with Crippen molar-refractivity contribution >= 4 is 11.9 Å². The minimum absolute atomic E-state index is 0.0171. The van der Waals surface area contributed by atoms with Crippen LogP contribution in [0.4, 0.5) is 0 Å². The van der Waals surface area contributed by atoms with Gasteiger partial charge < -0.3 is 20.3 Å². The second kappa shape index (κ2) is 66.3. The maximum Gasteiger partial charge on any atom is 0.305 e. The second-order valence-electron chi connectivity index (χ2n) is 23.5. The van der Waals surface area contributed by atoms with Crippen LogP contribution >= 0.6 is 0 Å². The summed E-state index contributed by atoms with van der Waals surface area (Å²) < 4.78 is 5.47. The standard InChI is InChI=1S/C71H133NO5/c1-3-5-7-9-11-13-15-17-19-21-22-23-24-25-26-28-32-35-39-43-47-51-55-59-63-69(74)68(67-73)72-70(75)64-60-56-52-48-44-40-36-33-29-27-30-34-38-42-46-50-54-58-62-66-77-71(76)65-61-57-53-49-45-41-37-31-20-18-16-14-12-10-8-6-4-2/h18,20,34,38,42,46,59,63,68-69,73-74H,3-17,19,21-33,35-37,39-41,43-45,47-58,60-62,64-67H2,1-2H3,(H,72,75)/b20-18-,38-34-,46-42-,63-59+. The van der Waals surface area contributed by atoms with Gasteiger partial charge in [0.2, 0.25) is 5.91 Å². The zero-order chi connectivity index (χ0) is 55.7. The van der Waals surface area contributed by atoms with E-state index in [0.29, 0.717) is 19.4 Å². The van der Waals surface area contributed by atoms with Crippen LogP contribution in [0, 0.1) is 0 Å². The molecular formula is C71H133NO5. The van der Waals surface area contributed by atoms with Gasteiger partial charge >= 0.3 is 5.97 Å². The summed E-state index contributed by atoms with van der Waals surface area (Å²) in [5, 5.41) is 23.3. The first kappa shape index (κ1) is 74.8. The van der Waals surface area contributed by atoms with E-state index in [0.717, 1.165) is 77.0 Å². The Hall–Kier alpha value is -2.18. The van der Waals surface area contributed by atoms with E-state index >= 15 is 0 Å². The summed E-state index contributed by atoms with van der Waals surface area (Å²) in [6, 6.07) is -0.638. The molecule has 77 heavy (non-hydrogen) atoms. The van der Waals surface area contributed by atoms with Gasteiger partial charge in [-0.1, -0.05) is 313 Å². The van der Waals surface area contributed by atoms with Crippen LogP contribution in [0.1, 0.15) is 367 Å². The van der Waals surface area contributed by atoms with Crippen LogP contribution in [0.3, 0.4) is 0 Å². The van der Waals surface area contributed by atoms with Crippen molar-refractivity contribution in [2.75, 3.05) is 13.2 Å². The zero-order valence-electron chi connectivity index (χ0n) is 51.7. The van der Waals surface area contributed by atoms with Crippen LogP contribution in [-0.2, 0) is 14.3 Å². The predicted molar refractivity (Wildman–Crippen MR) is 338 cm³/mol. The monoisotopic (exact) mass is 1080 g/mol. The van der Waals surface area contributed by atoms with Crippen molar-refractivity contribution in [2.45, 2.75) is 379 Å². The van der Waals surface area contributed by atoms with Crippen LogP contribution in [0.25, 0.3) is 0 Å². The fraction of sp³-hybridized carbons (Fsp3) is 0.859. The lowest BCUT2D eigenvalue weighted by molar-refractivity contribution is -0.143. The smallest absolute Gasteiger partial charge is 0.305 e. The lowest BCUT2D eigenvalue weighted by Gasteiger charge is -2.20. The second-order valence-corrected chi connectivity index (χ2v) is 23.5. The molecule has 0 fully saturated rings. The van der Waals surface area contributed by atoms with E-state index in [4.69, 9.17) is 4.74 Å². The molecule has 0 aromatic heterocycles. The van der Waals surface area contributed by atoms with Crippen molar-refractivity contribution in [1.82, 2.24) is 5.32 Å². The van der Waals surface area contributed by atoms with Gasteiger partial charge in [-0.2, -0.15) is 0 Å². The number of aliphatic hydroxyl groups excluding tert-OH is 2. The van der Waals surface area contributed by atoms with Gasteiger partial charge in [-0.05, 0) is 89.9 Å². The van der Waals surface area contributed by atoms with Gasteiger partial charge in [0.1, 0.15) is 0 Å². The van der Waals surface area contributed by atoms with Crippen molar-refractivity contribution in [1.29, 1.82) is 0 Å². The van der Waals surface area contributed by atoms with Crippen molar-refractivity contribution in [3.63, 3.8) is 0 Å². The summed E-state index contributed by atoms with van der Waals surface area (Å²) in [6.07, 6.45) is 86.0. The van der Waals surface area contributed by atoms with E-state index in [1.54, 1.807) is 6.08 Å². The highest BCUT2D eigenvalue weighted by molar-refractivity contribution is 5.76. The molecule has 0 spiro atoms. The number of allylic oxidation sites excluding steroid dienone is 7. The molecule has 1 amide bonds. The quantitative estimate of drug-likeness (QED) is 0.0244. The molecule has 0 saturated heterocycles. The number of ether oxygens (including phenoxy) is 1. The van der Waals surface area contributed by atoms with E-state index in [-0.39, 0.29) is 18.5 Å². The number of unbranched alkanes of at least 4 members (excludes halogenated alkanes) is 48. The van der Waals surface area contributed by atoms with Crippen molar-refractivity contribution in [3.8, 4) is 0 Å². The number of carbonyl (C=O) groups excluding carboxylic acids is 2. The molecule has 0 aromatic rings.